The van der Waals surface area contributed by atoms with Crippen LogP contribution in [-0.4, -0.2) is 39.5 Å². The highest BCUT2D eigenvalue weighted by Gasteiger charge is 2.12. The molecule has 1 aromatic carbocycles. The Morgan fingerprint density at radius 2 is 1.68 bits per heavy atom. The van der Waals surface area contributed by atoms with E-state index >= 15 is 0 Å². The molecule has 6 nitrogen and oxygen atoms in total. The van der Waals surface area contributed by atoms with Gasteiger partial charge in [0.25, 0.3) is 0 Å². The fourth-order valence-corrected chi connectivity index (χ4v) is 2.28. The Morgan fingerprint density at radius 1 is 1.16 bits per heavy atom. The zero-order valence-corrected chi connectivity index (χ0v) is 12.1. The van der Waals surface area contributed by atoms with Gasteiger partial charge in [0.1, 0.15) is 0 Å². The van der Waals surface area contributed by atoms with E-state index in [0.717, 1.165) is 0 Å². The molecule has 0 fully saturated rings. The van der Waals surface area contributed by atoms with Gasteiger partial charge in [-0.05, 0) is 45.2 Å². The number of hydrogen-bond donors (Lipinski definition) is 2. The second kappa shape index (κ2) is 6.53. The van der Waals surface area contributed by atoms with Crippen molar-refractivity contribution in [2.24, 2.45) is 0 Å². The third kappa shape index (κ3) is 3.93. The number of nitrogens with zero attached hydrogens (tertiary/aromatic N) is 1. The Morgan fingerprint density at radius 3 is 2.11 bits per heavy atom. The van der Waals surface area contributed by atoms with Gasteiger partial charge < -0.3 is 10.2 Å². The van der Waals surface area contributed by atoms with Gasteiger partial charge in [0.15, 0.2) is 0 Å². The summed E-state index contributed by atoms with van der Waals surface area (Å²) in [5.41, 5.74) is 0.562. The van der Waals surface area contributed by atoms with Crippen LogP contribution in [0.1, 0.15) is 13.8 Å². The molecule has 0 saturated heterocycles. The molecular formula is C12H19N3O3S. The lowest BCUT2D eigenvalue weighted by molar-refractivity contribution is 0.217. The smallest absolute Gasteiger partial charge is 0.321 e. The zero-order valence-electron chi connectivity index (χ0n) is 11.3. The van der Waals surface area contributed by atoms with Crippen LogP contribution in [0.4, 0.5) is 10.5 Å². The number of urea groups is 1. The number of hydrogen-bond acceptors (Lipinski definition) is 3. The number of anilines is 1. The lowest BCUT2D eigenvalue weighted by atomic mass is 10.3. The maximum Gasteiger partial charge on any atom is 0.321 e. The van der Waals surface area contributed by atoms with E-state index in [0.29, 0.717) is 18.8 Å². The summed E-state index contributed by atoms with van der Waals surface area (Å²) in [6.45, 7) is 5.03. The molecule has 0 heterocycles. The van der Waals surface area contributed by atoms with E-state index in [-0.39, 0.29) is 10.9 Å². The number of sulfonamides is 1. The van der Waals surface area contributed by atoms with Gasteiger partial charge in [-0.25, -0.2) is 17.9 Å². The average Bonchev–Trinajstić information content (AvgIpc) is 2.40. The summed E-state index contributed by atoms with van der Waals surface area (Å²) in [7, 11) is -2.09. The van der Waals surface area contributed by atoms with Crippen molar-refractivity contribution in [2.75, 3.05) is 25.5 Å². The molecule has 0 aromatic heterocycles. The van der Waals surface area contributed by atoms with Crippen LogP contribution in [0.15, 0.2) is 29.2 Å². The van der Waals surface area contributed by atoms with Crippen LogP contribution in [-0.2, 0) is 10.0 Å². The molecule has 2 amide bonds. The standard InChI is InChI=1S/C12H19N3O3S/c1-4-15(5-2)12(16)14-10-6-8-11(9-7-10)19(17,18)13-3/h6-9,13H,4-5H2,1-3H3,(H,14,16). The van der Waals surface area contributed by atoms with Gasteiger partial charge in [-0.2, -0.15) is 0 Å². The summed E-state index contributed by atoms with van der Waals surface area (Å²) in [4.78, 5) is 13.6. The predicted molar refractivity (Wildman–Crippen MR) is 74.6 cm³/mol. The van der Waals surface area contributed by atoms with Gasteiger partial charge in [0, 0.05) is 18.8 Å². The van der Waals surface area contributed by atoms with Crippen molar-refractivity contribution in [3.63, 3.8) is 0 Å². The highest BCUT2D eigenvalue weighted by atomic mass is 32.2. The molecule has 2 N–H and O–H groups in total. The van der Waals surface area contributed by atoms with Gasteiger partial charge >= 0.3 is 6.03 Å². The van der Waals surface area contributed by atoms with Crippen LogP contribution < -0.4 is 10.0 Å². The molecule has 7 heteroatoms. The second-order valence-electron chi connectivity index (χ2n) is 3.83. The molecule has 0 atom stereocenters. The van der Waals surface area contributed by atoms with E-state index in [1.165, 1.54) is 19.2 Å². The van der Waals surface area contributed by atoms with Crippen LogP contribution in [0.3, 0.4) is 0 Å². The minimum absolute atomic E-state index is 0.163. The number of nitrogens with one attached hydrogen (secondary N) is 2. The molecular weight excluding hydrogens is 266 g/mol. The number of rotatable bonds is 5. The molecule has 0 aliphatic heterocycles. The molecule has 0 bridgehead atoms. The number of carbonyl (C=O) groups is 1. The van der Waals surface area contributed by atoms with E-state index in [9.17, 15) is 13.2 Å². The van der Waals surface area contributed by atoms with Crippen molar-refractivity contribution in [1.29, 1.82) is 0 Å². The van der Waals surface area contributed by atoms with E-state index in [2.05, 4.69) is 10.0 Å². The maximum absolute atomic E-state index is 11.8. The fraction of sp³-hybridized carbons (Fsp3) is 0.417. The Hall–Kier alpha value is -1.60. The third-order valence-corrected chi connectivity index (χ3v) is 4.17. The topological polar surface area (TPSA) is 78.5 Å². The molecule has 0 radical (unpaired) electrons. The van der Waals surface area contributed by atoms with Crippen LogP contribution >= 0.6 is 0 Å². The van der Waals surface area contributed by atoms with Gasteiger partial charge in [-0.3, -0.25) is 0 Å². The molecule has 0 spiro atoms. The molecule has 1 aromatic rings. The van der Waals surface area contributed by atoms with Gasteiger partial charge in [-0.1, -0.05) is 0 Å². The largest absolute Gasteiger partial charge is 0.325 e. The first-order valence-corrected chi connectivity index (χ1v) is 7.52. The molecule has 1 rings (SSSR count). The average molecular weight is 285 g/mol. The van der Waals surface area contributed by atoms with Crippen LogP contribution in [0, 0.1) is 0 Å². The fourth-order valence-electron chi connectivity index (χ4n) is 1.55. The van der Waals surface area contributed by atoms with Crippen molar-refractivity contribution < 1.29 is 13.2 Å². The van der Waals surface area contributed by atoms with Gasteiger partial charge in [0.05, 0.1) is 4.90 Å². The minimum atomic E-state index is -3.44. The maximum atomic E-state index is 11.8. The van der Waals surface area contributed by atoms with Gasteiger partial charge in [0.2, 0.25) is 10.0 Å². The molecule has 0 unspecified atom stereocenters. The Balaban J connectivity index is 2.81. The van der Waals surface area contributed by atoms with Crippen LogP contribution in [0.25, 0.3) is 0 Å². The Bertz CT molecular complexity index is 522. The lowest BCUT2D eigenvalue weighted by Crippen LogP contribution is -2.34. The quantitative estimate of drug-likeness (QED) is 0.860. The monoisotopic (exact) mass is 285 g/mol. The van der Waals surface area contributed by atoms with Crippen molar-refractivity contribution in [2.45, 2.75) is 18.7 Å². The van der Waals surface area contributed by atoms with Crippen molar-refractivity contribution in [3.8, 4) is 0 Å². The summed E-state index contributed by atoms with van der Waals surface area (Å²) in [6.07, 6.45) is 0. The van der Waals surface area contributed by atoms with E-state index < -0.39 is 10.0 Å². The van der Waals surface area contributed by atoms with Crippen LogP contribution in [0.2, 0.25) is 0 Å². The van der Waals surface area contributed by atoms with E-state index in [4.69, 9.17) is 0 Å². The zero-order chi connectivity index (χ0) is 14.5. The van der Waals surface area contributed by atoms with E-state index in [1.54, 1.807) is 17.0 Å². The summed E-state index contributed by atoms with van der Waals surface area (Å²) in [5.74, 6) is 0. The molecule has 19 heavy (non-hydrogen) atoms. The number of carbonyl (C=O) groups excluding carboxylic acids is 1. The van der Waals surface area contributed by atoms with Crippen molar-refractivity contribution in [1.82, 2.24) is 9.62 Å². The Kier molecular flexibility index (Phi) is 5.31. The minimum Gasteiger partial charge on any atom is -0.325 e. The summed E-state index contributed by atoms with van der Waals surface area (Å²) in [5, 5.41) is 2.71. The first kappa shape index (κ1) is 15.5. The van der Waals surface area contributed by atoms with Crippen molar-refractivity contribution >= 4 is 21.7 Å². The van der Waals surface area contributed by atoms with Crippen molar-refractivity contribution in [3.05, 3.63) is 24.3 Å². The molecule has 0 aliphatic carbocycles. The second-order valence-corrected chi connectivity index (χ2v) is 5.72. The lowest BCUT2D eigenvalue weighted by Gasteiger charge is -2.19. The summed E-state index contributed by atoms with van der Waals surface area (Å²) >= 11 is 0. The first-order valence-electron chi connectivity index (χ1n) is 6.04. The first-order chi connectivity index (χ1) is 8.94. The molecule has 0 aliphatic rings. The number of benzene rings is 1. The SMILES string of the molecule is CCN(CC)C(=O)Nc1ccc(S(=O)(=O)NC)cc1. The predicted octanol–water partition coefficient (Wildman–Crippen LogP) is 1.47. The summed E-state index contributed by atoms with van der Waals surface area (Å²) < 4.78 is 25.3. The highest BCUT2D eigenvalue weighted by Crippen LogP contribution is 2.14. The van der Waals surface area contributed by atoms with Crippen LogP contribution in [0.5, 0.6) is 0 Å². The molecule has 106 valence electrons. The third-order valence-electron chi connectivity index (χ3n) is 2.74. The van der Waals surface area contributed by atoms with Gasteiger partial charge in [-0.15, -0.1) is 0 Å². The number of amides is 2. The highest BCUT2D eigenvalue weighted by molar-refractivity contribution is 7.89. The molecule has 0 saturated carbocycles. The summed E-state index contributed by atoms with van der Waals surface area (Å²) in [6, 6.07) is 5.82. The Labute approximate surface area is 113 Å². The normalized spacial score (nSPS) is 11.1. The van der Waals surface area contributed by atoms with E-state index in [1.807, 2.05) is 13.8 Å².